The molecule has 37 heavy (non-hydrogen) atoms. The molecule has 0 aliphatic heterocycles. The molecule has 0 saturated carbocycles. The molecule has 0 spiro atoms. The second-order valence-corrected chi connectivity index (χ2v) is 7.99. The summed E-state index contributed by atoms with van der Waals surface area (Å²) in [5.41, 5.74) is 1.58. The topological polar surface area (TPSA) is 141 Å². The molecule has 0 bridgehead atoms. The van der Waals surface area contributed by atoms with E-state index in [2.05, 4.69) is 10.2 Å². The van der Waals surface area contributed by atoms with Crippen molar-refractivity contribution in [1.29, 1.82) is 0 Å². The van der Waals surface area contributed by atoms with E-state index in [0.29, 0.717) is 22.6 Å². The van der Waals surface area contributed by atoms with Crippen LogP contribution in [0.5, 0.6) is 5.75 Å². The lowest BCUT2D eigenvalue weighted by molar-refractivity contribution is -0.389. The predicted octanol–water partition coefficient (Wildman–Crippen LogP) is 3.93. The van der Waals surface area contributed by atoms with Crippen molar-refractivity contribution in [2.75, 3.05) is 21.3 Å². The van der Waals surface area contributed by atoms with Crippen LogP contribution >= 0.6 is 11.6 Å². The Bertz CT molecular complexity index is 1500. The summed E-state index contributed by atoms with van der Waals surface area (Å²) in [6.07, 6.45) is 1.34. The van der Waals surface area contributed by atoms with Crippen molar-refractivity contribution in [3.63, 3.8) is 0 Å². The van der Waals surface area contributed by atoms with E-state index >= 15 is 0 Å². The molecule has 0 unspecified atom stereocenters. The van der Waals surface area contributed by atoms with E-state index in [9.17, 15) is 19.7 Å². The third-order valence-electron chi connectivity index (χ3n) is 5.42. The molecule has 0 fully saturated rings. The Morgan fingerprint density at radius 1 is 1.03 bits per heavy atom. The summed E-state index contributed by atoms with van der Waals surface area (Å²) < 4.78 is 18.1. The molecular formula is C24H20ClN5O7. The number of esters is 2. The van der Waals surface area contributed by atoms with Crippen molar-refractivity contribution in [3.8, 4) is 22.7 Å². The molecule has 0 aliphatic carbocycles. The fourth-order valence-corrected chi connectivity index (χ4v) is 3.96. The monoisotopic (exact) mass is 525 g/mol. The number of rotatable bonds is 8. The maximum Gasteiger partial charge on any atom is 0.408 e. The van der Waals surface area contributed by atoms with Gasteiger partial charge in [0.05, 0.1) is 44.9 Å². The summed E-state index contributed by atoms with van der Waals surface area (Å²) in [5, 5.41) is 19.4. The van der Waals surface area contributed by atoms with Gasteiger partial charge in [0.2, 0.25) is 0 Å². The number of para-hydroxylation sites is 1. The number of aromatic nitrogens is 4. The zero-order valence-electron chi connectivity index (χ0n) is 19.9. The van der Waals surface area contributed by atoms with Gasteiger partial charge in [0.15, 0.2) is 10.7 Å². The van der Waals surface area contributed by atoms with Crippen molar-refractivity contribution in [1.82, 2.24) is 19.6 Å². The number of hydrogen-bond donors (Lipinski definition) is 0. The van der Waals surface area contributed by atoms with Crippen LogP contribution in [0.3, 0.4) is 0 Å². The van der Waals surface area contributed by atoms with Gasteiger partial charge in [-0.25, -0.2) is 14.3 Å². The normalized spacial score (nSPS) is 10.7. The third kappa shape index (κ3) is 4.86. The van der Waals surface area contributed by atoms with Crippen LogP contribution in [0.1, 0.15) is 26.4 Å². The van der Waals surface area contributed by atoms with Gasteiger partial charge in [-0.15, -0.1) is 0 Å². The molecule has 4 aromatic rings. The van der Waals surface area contributed by atoms with Gasteiger partial charge >= 0.3 is 17.8 Å². The number of carbonyl (C=O) groups excluding carboxylic acids is 2. The van der Waals surface area contributed by atoms with Crippen LogP contribution in [-0.2, 0) is 16.0 Å². The number of methoxy groups -OCH3 is 3. The highest BCUT2D eigenvalue weighted by Gasteiger charge is 2.31. The standard InChI is InChI=1S/C24H20ClN5O7/c1-35-18-11-14(9-10-15(18)12-28-13-17(25)22(27-28)30(33)34)20-19(23(31)36-2)21(24(32)37-3)29(26-20)16-7-5-4-6-8-16/h4-11,13H,12H2,1-3H3. The molecule has 12 nitrogen and oxygen atoms in total. The van der Waals surface area contributed by atoms with Crippen LogP contribution in [0.15, 0.2) is 54.7 Å². The Hall–Kier alpha value is -4.71. The van der Waals surface area contributed by atoms with Gasteiger partial charge < -0.3 is 24.3 Å². The first kappa shape index (κ1) is 25.4. The molecule has 2 aromatic heterocycles. The van der Waals surface area contributed by atoms with E-state index in [4.69, 9.17) is 25.8 Å². The Kier molecular flexibility index (Phi) is 7.20. The largest absolute Gasteiger partial charge is 0.496 e. The summed E-state index contributed by atoms with van der Waals surface area (Å²) in [7, 11) is 3.85. The van der Waals surface area contributed by atoms with Crippen LogP contribution < -0.4 is 4.74 Å². The van der Waals surface area contributed by atoms with E-state index in [1.54, 1.807) is 48.5 Å². The number of nitrogens with zero attached hydrogens (tertiary/aromatic N) is 5. The lowest BCUT2D eigenvalue weighted by Crippen LogP contribution is -2.15. The van der Waals surface area contributed by atoms with E-state index in [1.165, 1.54) is 36.9 Å². The Labute approximate surface area is 215 Å². The van der Waals surface area contributed by atoms with Crippen molar-refractivity contribution < 1.29 is 28.7 Å². The molecule has 0 radical (unpaired) electrons. The second kappa shape index (κ2) is 10.5. The minimum absolute atomic E-state index is 0.0810. The zero-order valence-corrected chi connectivity index (χ0v) is 20.6. The van der Waals surface area contributed by atoms with Crippen molar-refractivity contribution in [2.24, 2.45) is 0 Å². The van der Waals surface area contributed by atoms with Crippen LogP contribution in [0, 0.1) is 10.1 Å². The number of halogens is 1. The molecule has 0 amide bonds. The molecule has 0 saturated heterocycles. The van der Waals surface area contributed by atoms with Gasteiger partial charge in [-0.3, -0.25) is 0 Å². The zero-order chi connectivity index (χ0) is 26.7. The Balaban J connectivity index is 1.85. The molecule has 190 valence electrons. The van der Waals surface area contributed by atoms with Gasteiger partial charge in [-0.05, 0) is 23.1 Å². The maximum absolute atomic E-state index is 12.9. The number of nitro groups is 1. The Morgan fingerprint density at radius 2 is 1.73 bits per heavy atom. The third-order valence-corrected chi connectivity index (χ3v) is 5.69. The molecular weight excluding hydrogens is 506 g/mol. The fraction of sp³-hybridized carbons (Fsp3) is 0.167. The molecule has 0 N–H and O–H groups in total. The van der Waals surface area contributed by atoms with Crippen LogP contribution in [0.25, 0.3) is 16.9 Å². The summed E-state index contributed by atoms with van der Waals surface area (Å²) in [5.74, 6) is -1.62. The number of hydrogen-bond acceptors (Lipinski definition) is 9. The quantitative estimate of drug-likeness (QED) is 0.190. The lowest BCUT2D eigenvalue weighted by atomic mass is 10.0. The summed E-state index contributed by atoms with van der Waals surface area (Å²) >= 11 is 5.90. The highest BCUT2D eigenvalue weighted by Crippen LogP contribution is 2.33. The summed E-state index contributed by atoms with van der Waals surface area (Å²) in [6, 6.07) is 13.8. The lowest BCUT2D eigenvalue weighted by Gasteiger charge is -2.10. The smallest absolute Gasteiger partial charge is 0.408 e. The highest BCUT2D eigenvalue weighted by atomic mass is 35.5. The molecule has 2 heterocycles. The molecule has 2 aromatic carbocycles. The van der Waals surface area contributed by atoms with Crippen LogP contribution in [-0.4, -0.2) is 57.8 Å². The summed E-state index contributed by atoms with van der Waals surface area (Å²) in [6.45, 7) is 0.118. The van der Waals surface area contributed by atoms with E-state index < -0.39 is 22.7 Å². The van der Waals surface area contributed by atoms with Crippen molar-refractivity contribution in [2.45, 2.75) is 6.54 Å². The Morgan fingerprint density at radius 3 is 2.32 bits per heavy atom. The van der Waals surface area contributed by atoms with Gasteiger partial charge in [0.1, 0.15) is 17.0 Å². The average Bonchev–Trinajstić information content (AvgIpc) is 3.49. The van der Waals surface area contributed by atoms with E-state index in [1.807, 2.05) is 0 Å². The average molecular weight is 526 g/mol. The second-order valence-electron chi connectivity index (χ2n) is 7.58. The number of carbonyl (C=O) groups is 2. The van der Waals surface area contributed by atoms with Crippen molar-refractivity contribution >= 4 is 29.4 Å². The van der Waals surface area contributed by atoms with Gasteiger partial charge in [-0.2, -0.15) is 9.78 Å². The SMILES string of the molecule is COC(=O)c1c(-c2ccc(Cn3cc(Cl)c([N+](=O)[O-])n3)c(OC)c2)nn(-c2ccccc2)c1C(=O)OC. The first-order valence-electron chi connectivity index (χ1n) is 10.7. The minimum atomic E-state index is -0.779. The van der Waals surface area contributed by atoms with Gasteiger partial charge in [0.25, 0.3) is 0 Å². The number of benzene rings is 2. The first-order valence-corrected chi connectivity index (χ1v) is 11.1. The predicted molar refractivity (Wildman–Crippen MR) is 131 cm³/mol. The van der Waals surface area contributed by atoms with E-state index in [0.717, 1.165) is 0 Å². The highest BCUT2D eigenvalue weighted by molar-refractivity contribution is 6.32. The fourth-order valence-electron chi connectivity index (χ4n) is 3.75. The molecule has 0 aliphatic rings. The molecule has 0 atom stereocenters. The minimum Gasteiger partial charge on any atom is -0.496 e. The first-order chi connectivity index (χ1) is 17.8. The number of ether oxygens (including phenoxy) is 3. The molecule has 13 heteroatoms. The van der Waals surface area contributed by atoms with Gasteiger partial charge in [0, 0.05) is 11.1 Å². The van der Waals surface area contributed by atoms with Gasteiger partial charge in [-0.1, -0.05) is 41.9 Å². The van der Waals surface area contributed by atoms with Crippen LogP contribution in [0.2, 0.25) is 5.02 Å². The van der Waals surface area contributed by atoms with E-state index in [-0.39, 0.29) is 28.5 Å². The van der Waals surface area contributed by atoms with Crippen molar-refractivity contribution in [3.05, 3.63) is 86.7 Å². The maximum atomic E-state index is 12.9. The van der Waals surface area contributed by atoms with Crippen LogP contribution in [0.4, 0.5) is 5.82 Å². The summed E-state index contributed by atoms with van der Waals surface area (Å²) in [4.78, 5) is 36.0. The molecule has 4 rings (SSSR count).